The number of carbonyl (C=O) groups is 3. The van der Waals surface area contributed by atoms with Crippen LogP contribution in [0, 0.1) is 0 Å². The number of pyridine rings is 1. The van der Waals surface area contributed by atoms with Crippen LogP contribution in [0.3, 0.4) is 0 Å². The zero-order chi connectivity index (χ0) is 29.8. The lowest BCUT2D eigenvalue weighted by Gasteiger charge is -2.28. The molecule has 0 bridgehead atoms. The second kappa shape index (κ2) is 15.8. The molecule has 2 aromatic heterocycles. The van der Waals surface area contributed by atoms with Gasteiger partial charge in [0.2, 0.25) is 0 Å². The Morgan fingerprint density at radius 3 is 2.59 bits per heavy atom. The summed E-state index contributed by atoms with van der Waals surface area (Å²) in [5.41, 5.74) is 1.85. The van der Waals surface area contributed by atoms with Gasteiger partial charge in [-0.15, -0.1) is 11.3 Å². The van der Waals surface area contributed by atoms with Gasteiger partial charge in [-0.2, -0.15) is 0 Å². The molecule has 11 heteroatoms. The molecule has 226 valence electrons. The number of urea groups is 1. The topological polar surface area (TPSA) is 113 Å². The number of hydrogen-bond acceptors (Lipinski definition) is 8. The summed E-state index contributed by atoms with van der Waals surface area (Å²) in [6.07, 6.45) is 3.97. The first-order valence-corrected chi connectivity index (χ1v) is 15.4. The monoisotopic (exact) mass is 587 g/mol. The highest BCUT2D eigenvalue weighted by Crippen LogP contribution is 2.23. The third-order valence-corrected chi connectivity index (χ3v) is 7.53. The Bertz CT molecular complexity index is 1130. The van der Waals surface area contributed by atoms with Crippen molar-refractivity contribution in [3.63, 3.8) is 0 Å². The number of nitrogens with one attached hydrogen (secondary N) is 2. The van der Waals surface area contributed by atoms with Gasteiger partial charge in [0.1, 0.15) is 11.3 Å². The van der Waals surface area contributed by atoms with Crippen LogP contribution >= 0.6 is 11.3 Å². The molecule has 0 aliphatic carbocycles. The first-order chi connectivity index (χ1) is 19.5. The number of ether oxygens (including phenoxy) is 2. The third kappa shape index (κ3) is 11.4. The number of hydrogen-bond donors (Lipinski definition) is 2. The molecule has 0 aromatic carbocycles. The maximum absolute atomic E-state index is 13.0. The van der Waals surface area contributed by atoms with Crippen LogP contribution in [0.25, 0.3) is 0 Å². The van der Waals surface area contributed by atoms with E-state index in [1.54, 1.807) is 38.4 Å². The Kier molecular flexibility index (Phi) is 12.6. The Balaban J connectivity index is 1.57. The lowest BCUT2D eigenvalue weighted by atomic mass is 10.1. The standard InChI is InChI=1S/C30H45N5O5S/c1-6-22(2)32-28(37)35(12-8-7-11-34-13-15-39-16-14-34)19-23-9-10-25(31-18-23)27(36)17-24-20-41-21-26(24)33-29(38)40-30(3,4)5/h9-10,18,20-22H,6-8,11-17,19H2,1-5H3,(H,32,37)(H,33,38). The molecular weight excluding hydrogens is 542 g/mol. The molecule has 2 aromatic rings. The second-order valence-electron chi connectivity index (χ2n) is 11.4. The molecular formula is C30H45N5O5S. The Morgan fingerprint density at radius 2 is 1.93 bits per heavy atom. The molecule has 0 radical (unpaired) electrons. The normalized spacial score (nSPS) is 14.8. The number of anilines is 1. The predicted octanol–water partition coefficient (Wildman–Crippen LogP) is 5.34. The maximum atomic E-state index is 13.0. The van der Waals surface area contributed by atoms with Crippen molar-refractivity contribution < 1.29 is 23.9 Å². The Hall–Kier alpha value is -3.02. The molecule has 3 amide bonds. The fourth-order valence-electron chi connectivity index (χ4n) is 4.27. The lowest BCUT2D eigenvalue weighted by Crippen LogP contribution is -2.44. The van der Waals surface area contributed by atoms with E-state index in [0.29, 0.717) is 30.0 Å². The second-order valence-corrected chi connectivity index (χ2v) is 12.2. The largest absolute Gasteiger partial charge is 0.444 e. The zero-order valence-corrected chi connectivity index (χ0v) is 25.8. The molecule has 0 spiro atoms. The van der Waals surface area contributed by atoms with Crippen molar-refractivity contribution in [3.05, 3.63) is 45.9 Å². The van der Waals surface area contributed by atoms with Gasteiger partial charge in [-0.25, -0.2) is 9.59 Å². The minimum absolute atomic E-state index is 0.0864. The maximum Gasteiger partial charge on any atom is 0.412 e. The summed E-state index contributed by atoms with van der Waals surface area (Å²) in [6.45, 7) is 15.0. The van der Waals surface area contributed by atoms with Crippen LogP contribution in [0.2, 0.25) is 0 Å². The fraction of sp³-hybridized carbons (Fsp3) is 0.600. The van der Waals surface area contributed by atoms with Crippen LogP contribution in [0.5, 0.6) is 0 Å². The highest BCUT2D eigenvalue weighted by molar-refractivity contribution is 7.08. The third-order valence-electron chi connectivity index (χ3n) is 6.74. The number of unbranched alkanes of at least 4 members (excludes halogenated alkanes) is 1. The molecule has 1 saturated heterocycles. The van der Waals surface area contributed by atoms with Gasteiger partial charge in [0, 0.05) is 50.2 Å². The van der Waals surface area contributed by atoms with Gasteiger partial charge < -0.3 is 19.7 Å². The molecule has 2 N–H and O–H groups in total. The minimum Gasteiger partial charge on any atom is -0.444 e. The molecule has 1 atom stereocenters. The first kappa shape index (κ1) is 32.5. The summed E-state index contributed by atoms with van der Waals surface area (Å²) in [4.78, 5) is 46.8. The van der Waals surface area contributed by atoms with Crippen LogP contribution in [0.15, 0.2) is 29.1 Å². The number of Topliss-reactive ketones (excluding diaryl/α,β-unsaturated/α-hetero) is 1. The predicted molar refractivity (Wildman–Crippen MR) is 162 cm³/mol. The van der Waals surface area contributed by atoms with E-state index in [4.69, 9.17) is 9.47 Å². The molecule has 1 aliphatic rings. The van der Waals surface area contributed by atoms with Crippen molar-refractivity contribution in [1.29, 1.82) is 0 Å². The molecule has 3 heterocycles. The Morgan fingerprint density at radius 1 is 1.17 bits per heavy atom. The van der Waals surface area contributed by atoms with Gasteiger partial charge in [-0.05, 0) is 76.1 Å². The molecule has 1 fully saturated rings. The van der Waals surface area contributed by atoms with Gasteiger partial charge >= 0.3 is 12.1 Å². The van der Waals surface area contributed by atoms with Crippen molar-refractivity contribution in [2.45, 2.75) is 78.5 Å². The summed E-state index contributed by atoms with van der Waals surface area (Å²) in [7, 11) is 0. The van der Waals surface area contributed by atoms with Crippen LogP contribution in [-0.2, 0) is 22.4 Å². The summed E-state index contributed by atoms with van der Waals surface area (Å²) < 4.78 is 10.7. The van der Waals surface area contributed by atoms with Crippen molar-refractivity contribution in [2.75, 3.05) is 44.7 Å². The zero-order valence-electron chi connectivity index (χ0n) is 25.0. The summed E-state index contributed by atoms with van der Waals surface area (Å²) in [6, 6.07) is 3.55. The molecule has 0 saturated carbocycles. The fourth-order valence-corrected chi connectivity index (χ4v) is 5.06. The van der Waals surface area contributed by atoms with Crippen LogP contribution in [0.1, 0.15) is 75.5 Å². The number of thiophene rings is 1. The van der Waals surface area contributed by atoms with E-state index in [2.05, 4.69) is 20.5 Å². The number of ketones is 1. The Labute approximate surface area is 247 Å². The average molecular weight is 588 g/mol. The summed E-state index contributed by atoms with van der Waals surface area (Å²) >= 11 is 1.40. The van der Waals surface area contributed by atoms with E-state index in [1.165, 1.54) is 11.3 Å². The number of aromatic nitrogens is 1. The van der Waals surface area contributed by atoms with E-state index in [9.17, 15) is 14.4 Å². The molecule has 1 unspecified atom stereocenters. The minimum atomic E-state index is -0.616. The number of morpholine rings is 1. The van der Waals surface area contributed by atoms with Gasteiger partial charge in [0.05, 0.1) is 18.9 Å². The van der Waals surface area contributed by atoms with Gasteiger partial charge in [-0.3, -0.25) is 20.0 Å². The quantitative estimate of drug-likeness (QED) is 0.240. The molecule has 10 nitrogen and oxygen atoms in total. The summed E-state index contributed by atoms with van der Waals surface area (Å²) in [5.74, 6) is -0.156. The van der Waals surface area contributed by atoms with E-state index < -0.39 is 11.7 Å². The van der Waals surface area contributed by atoms with Crippen LogP contribution < -0.4 is 10.6 Å². The van der Waals surface area contributed by atoms with Gasteiger partial charge in [0.15, 0.2) is 5.78 Å². The molecule has 1 aliphatic heterocycles. The average Bonchev–Trinajstić information content (AvgIpc) is 3.35. The van der Waals surface area contributed by atoms with E-state index in [0.717, 1.165) is 57.7 Å². The smallest absolute Gasteiger partial charge is 0.412 e. The van der Waals surface area contributed by atoms with Gasteiger partial charge in [-0.1, -0.05) is 13.0 Å². The van der Waals surface area contributed by atoms with Crippen molar-refractivity contribution in [1.82, 2.24) is 20.1 Å². The van der Waals surface area contributed by atoms with Gasteiger partial charge in [0.25, 0.3) is 0 Å². The SMILES string of the molecule is CCC(C)NC(=O)N(CCCCN1CCOCC1)Cc1ccc(C(=O)Cc2cscc2NC(=O)OC(C)(C)C)nc1. The van der Waals surface area contributed by atoms with Crippen LogP contribution in [0.4, 0.5) is 15.3 Å². The van der Waals surface area contributed by atoms with Crippen molar-refractivity contribution in [2.24, 2.45) is 0 Å². The number of carbonyl (C=O) groups excluding carboxylic acids is 3. The van der Waals surface area contributed by atoms with E-state index >= 15 is 0 Å². The molecule has 3 rings (SSSR count). The van der Waals surface area contributed by atoms with Crippen LogP contribution in [-0.4, -0.2) is 83.7 Å². The summed E-state index contributed by atoms with van der Waals surface area (Å²) in [5, 5.41) is 9.42. The highest BCUT2D eigenvalue weighted by atomic mass is 32.1. The van der Waals surface area contributed by atoms with E-state index in [-0.39, 0.29) is 24.3 Å². The first-order valence-electron chi connectivity index (χ1n) is 14.4. The number of amides is 3. The van der Waals surface area contributed by atoms with E-state index in [1.807, 2.05) is 30.2 Å². The number of rotatable bonds is 13. The highest BCUT2D eigenvalue weighted by Gasteiger charge is 2.20. The van der Waals surface area contributed by atoms with Crippen molar-refractivity contribution in [3.8, 4) is 0 Å². The molecule has 41 heavy (non-hydrogen) atoms. The number of nitrogens with zero attached hydrogens (tertiary/aromatic N) is 3. The van der Waals surface area contributed by atoms with Crippen molar-refractivity contribution >= 4 is 34.9 Å². The lowest BCUT2D eigenvalue weighted by molar-refractivity contribution is 0.0369.